The van der Waals surface area contributed by atoms with Crippen LogP contribution in [0.1, 0.15) is 43.2 Å². The summed E-state index contributed by atoms with van der Waals surface area (Å²) in [5, 5.41) is 3.68. The van der Waals surface area contributed by atoms with Crippen molar-refractivity contribution in [2.75, 3.05) is 13.7 Å². The van der Waals surface area contributed by atoms with Crippen LogP contribution >= 0.6 is 0 Å². The molecule has 1 unspecified atom stereocenters. The third kappa shape index (κ3) is 3.56. The van der Waals surface area contributed by atoms with E-state index in [1.165, 1.54) is 24.0 Å². The molecule has 1 aliphatic rings. The van der Waals surface area contributed by atoms with Crippen LogP contribution in [-0.2, 0) is 4.74 Å². The van der Waals surface area contributed by atoms with Crippen molar-refractivity contribution in [3.8, 4) is 0 Å². The predicted octanol–water partition coefficient (Wildman–Crippen LogP) is 3.26. The molecule has 0 saturated heterocycles. The number of hydrogen-bond donors (Lipinski definition) is 1. The molecular weight excluding hydrogens is 222 g/mol. The fraction of sp³-hybridized carbons (Fsp3) is 0.625. The minimum absolute atomic E-state index is 0.564. The van der Waals surface area contributed by atoms with E-state index in [0.717, 1.165) is 18.9 Å². The second-order valence-electron chi connectivity index (χ2n) is 5.63. The Balaban J connectivity index is 1.72. The predicted molar refractivity (Wildman–Crippen MR) is 76.0 cm³/mol. The van der Waals surface area contributed by atoms with Crippen molar-refractivity contribution in [1.82, 2.24) is 5.32 Å². The summed E-state index contributed by atoms with van der Waals surface area (Å²) in [6, 6.07) is 10.3. The third-order valence-corrected chi connectivity index (χ3v) is 3.96. The molecule has 0 aromatic heterocycles. The van der Waals surface area contributed by atoms with E-state index < -0.39 is 0 Å². The highest BCUT2D eigenvalue weighted by Crippen LogP contribution is 2.37. The molecule has 0 radical (unpaired) electrons. The smallest absolute Gasteiger partial charge is 0.0476 e. The fourth-order valence-corrected chi connectivity index (χ4v) is 2.65. The molecule has 1 aromatic rings. The standard InChI is InChI=1S/C16H25NO/c1-12-4-6-14(7-5-12)15-10-16(11-15)17-13(2)8-9-18-3/h4-7,13,15-17H,8-11H2,1-3H3. The number of ether oxygens (including phenoxy) is 1. The Morgan fingerprint density at radius 2 is 1.94 bits per heavy atom. The third-order valence-electron chi connectivity index (χ3n) is 3.96. The van der Waals surface area contributed by atoms with Crippen molar-refractivity contribution in [1.29, 1.82) is 0 Å². The van der Waals surface area contributed by atoms with Crippen LogP contribution in [0.4, 0.5) is 0 Å². The number of rotatable bonds is 6. The Kier molecular flexibility index (Phi) is 4.79. The van der Waals surface area contributed by atoms with E-state index in [2.05, 4.69) is 43.4 Å². The van der Waals surface area contributed by atoms with Crippen molar-refractivity contribution >= 4 is 0 Å². The fourth-order valence-electron chi connectivity index (χ4n) is 2.65. The Hall–Kier alpha value is -0.860. The maximum Gasteiger partial charge on any atom is 0.0476 e. The maximum atomic E-state index is 5.11. The molecule has 0 spiro atoms. The largest absolute Gasteiger partial charge is 0.385 e. The molecule has 1 saturated carbocycles. The first-order valence-electron chi connectivity index (χ1n) is 7.00. The lowest BCUT2D eigenvalue weighted by molar-refractivity contribution is 0.175. The molecule has 2 heteroatoms. The lowest BCUT2D eigenvalue weighted by Gasteiger charge is -2.38. The first-order chi connectivity index (χ1) is 8.69. The summed E-state index contributed by atoms with van der Waals surface area (Å²) in [6.07, 6.45) is 3.66. The SMILES string of the molecule is COCCC(C)NC1CC(c2ccc(C)cc2)C1. The molecule has 0 heterocycles. The van der Waals surface area contributed by atoms with E-state index in [1.807, 2.05) is 0 Å². The molecule has 0 bridgehead atoms. The molecule has 1 aliphatic carbocycles. The Labute approximate surface area is 111 Å². The highest BCUT2D eigenvalue weighted by molar-refractivity contribution is 5.26. The Morgan fingerprint density at radius 3 is 2.56 bits per heavy atom. The van der Waals surface area contributed by atoms with Crippen LogP contribution in [0, 0.1) is 6.92 Å². The molecule has 1 aromatic carbocycles. The normalized spacial score (nSPS) is 24.6. The summed E-state index contributed by atoms with van der Waals surface area (Å²) >= 11 is 0. The zero-order valence-electron chi connectivity index (χ0n) is 11.8. The van der Waals surface area contributed by atoms with Gasteiger partial charge in [0.1, 0.15) is 0 Å². The van der Waals surface area contributed by atoms with Crippen molar-refractivity contribution in [3.63, 3.8) is 0 Å². The van der Waals surface area contributed by atoms with Crippen LogP contribution in [-0.4, -0.2) is 25.8 Å². The summed E-state index contributed by atoms with van der Waals surface area (Å²) in [5.41, 5.74) is 2.85. The summed E-state index contributed by atoms with van der Waals surface area (Å²) in [6.45, 7) is 5.24. The van der Waals surface area contributed by atoms with Gasteiger partial charge < -0.3 is 10.1 Å². The Morgan fingerprint density at radius 1 is 1.28 bits per heavy atom. The molecule has 18 heavy (non-hydrogen) atoms. The van der Waals surface area contributed by atoms with E-state index in [4.69, 9.17) is 4.74 Å². The number of aryl methyl sites for hydroxylation is 1. The lowest BCUT2D eigenvalue weighted by atomic mass is 9.75. The van der Waals surface area contributed by atoms with Crippen LogP contribution in [0.5, 0.6) is 0 Å². The average Bonchev–Trinajstić information content (AvgIpc) is 2.32. The second-order valence-corrected chi connectivity index (χ2v) is 5.63. The van der Waals surface area contributed by atoms with Gasteiger partial charge in [-0.1, -0.05) is 29.8 Å². The highest BCUT2D eigenvalue weighted by Gasteiger charge is 2.30. The van der Waals surface area contributed by atoms with Gasteiger partial charge in [-0.2, -0.15) is 0 Å². The number of hydrogen-bond acceptors (Lipinski definition) is 2. The van der Waals surface area contributed by atoms with Crippen LogP contribution in [0.2, 0.25) is 0 Å². The van der Waals surface area contributed by atoms with E-state index in [0.29, 0.717) is 12.1 Å². The minimum Gasteiger partial charge on any atom is -0.385 e. The monoisotopic (exact) mass is 247 g/mol. The number of nitrogens with one attached hydrogen (secondary N) is 1. The topological polar surface area (TPSA) is 21.3 Å². The Bertz CT molecular complexity index is 354. The molecule has 2 rings (SSSR count). The van der Waals surface area contributed by atoms with Crippen molar-refractivity contribution in [3.05, 3.63) is 35.4 Å². The van der Waals surface area contributed by atoms with Gasteiger partial charge in [-0.3, -0.25) is 0 Å². The summed E-state index contributed by atoms with van der Waals surface area (Å²) in [7, 11) is 1.77. The molecule has 2 nitrogen and oxygen atoms in total. The average molecular weight is 247 g/mol. The van der Waals surface area contributed by atoms with Crippen LogP contribution in [0.3, 0.4) is 0 Å². The highest BCUT2D eigenvalue weighted by atomic mass is 16.5. The lowest BCUT2D eigenvalue weighted by Crippen LogP contribution is -2.44. The first-order valence-corrected chi connectivity index (χ1v) is 7.00. The molecule has 1 atom stereocenters. The maximum absolute atomic E-state index is 5.11. The van der Waals surface area contributed by atoms with Gasteiger partial charge in [-0.25, -0.2) is 0 Å². The van der Waals surface area contributed by atoms with Crippen molar-refractivity contribution in [2.24, 2.45) is 0 Å². The molecule has 1 fully saturated rings. The minimum atomic E-state index is 0.564. The van der Waals surface area contributed by atoms with Gasteiger partial charge in [0.25, 0.3) is 0 Å². The zero-order valence-corrected chi connectivity index (χ0v) is 11.8. The van der Waals surface area contributed by atoms with Crippen molar-refractivity contribution < 1.29 is 4.74 Å². The van der Waals surface area contributed by atoms with Gasteiger partial charge in [-0.15, -0.1) is 0 Å². The number of benzene rings is 1. The first kappa shape index (κ1) is 13.6. The van der Waals surface area contributed by atoms with E-state index in [1.54, 1.807) is 7.11 Å². The van der Waals surface area contributed by atoms with Crippen LogP contribution < -0.4 is 5.32 Å². The summed E-state index contributed by atoms with van der Waals surface area (Å²) in [5.74, 6) is 0.762. The molecule has 0 aliphatic heterocycles. The van der Waals surface area contributed by atoms with Gasteiger partial charge in [0, 0.05) is 25.8 Å². The van der Waals surface area contributed by atoms with Crippen molar-refractivity contribution in [2.45, 2.75) is 51.1 Å². The quantitative estimate of drug-likeness (QED) is 0.833. The van der Waals surface area contributed by atoms with Gasteiger partial charge in [-0.05, 0) is 44.6 Å². The molecule has 100 valence electrons. The van der Waals surface area contributed by atoms with Gasteiger partial charge in [0.05, 0.1) is 0 Å². The van der Waals surface area contributed by atoms with Crippen LogP contribution in [0.25, 0.3) is 0 Å². The second kappa shape index (κ2) is 6.35. The van der Waals surface area contributed by atoms with Gasteiger partial charge in [0.15, 0.2) is 0 Å². The van der Waals surface area contributed by atoms with Crippen LogP contribution in [0.15, 0.2) is 24.3 Å². The summed E-state index contributed by atoms with van der Waals surface area (Å²) in [4.78, 5) is 0. The van der Waals surface area contributed by atoms with E-state index in [-0.39, 0.29) is 0 Å². The van der Waals surface area contributed by atoms with E-state index in [9.17, 15) is 0 Å². The molecule has 1 N–H and O–H groups in total. The molecule has 0 amide bonds. The van der Waals surface area contributed by atoms with Gasteiger partial charge in [0.2, 0.25) is 0 Å². The zero-order chi connectivity index (χ0) is 13.0. The number of methoxy groups -OCH3 is 1. The summed E-state index contributed by atoms with van der Waals surface area (Å²) < 4.78 is 5.11. The van der Waals surface area contributed by atoms with Gasteiger partial charge >= 0.3 is 0 Å². The molecular formula is C16H25NO. The van der Waals surface area contributed by atoms with E-state index >= 15 is 0 Å².